The number of halogens is 3. The summed E-state index contributed by atoms with van der Waals surface area (Å²) in [5.41, 5.74) is 0.266. The molecule has 5 heteroatoms. The van der Waals surface area contributed by atoms with Crippen LogP contribution in [0.3, 0.4) is 0 Å². The Morgan fingerprint density at radius 1 is 1.24 bits per heavy atom. The lowest BCUT2D eigenvalue weighted by molar-refractivity contribution is 0.587. The molecule has 0 amide bonds. The lowest BCUT2D eigenvalue weighted by Gasteiger charge is -2.08. The van der Waals surface area contributed by atoms with Gasteiger partial charge in [0.15, 0.2) is 0 Å². The standard InChI is InChI=1S/C12H9BrF2N2/c13-10-2-1-5-16-12(10)17-7-8-6-9(14)3-4-11(8)15/h1-6H,7H2,(H,16,17). The molecule has 0 radical (unpaired) electrons. The maximum Gasteiger partial charge on any atom is 0.140 e. The Morgan fingerprint density at radius 2 is 2.06 bits per heavy atom. The van der Waals surface area contributed by atoms with Gasteiger partial charge in [-0.1, -0.05) is 0 Å². The third-order valence-corrected chi connectivity index (χ3v) is 2.85. The second kappa shape index (κ2) is 5.23. The van der Waals surface area contributed by atoms with Crippen LogP contribution in [0.15, 0.2) is 41.0 Å². The normalized spacial score (nSPS) is 10.3. The van der Waals surface area contributed by atoms with Crippen LogP contribution in [0.25, 0.3) is 0 Å². The number of nitrogens with zero attached hydrogens (tertiary/aromatic N) is 1. The molecule has 0 aliphatic heterocycles. The van der Waals surface area contributed by atoms with E-state index in [0.29, 0.717) is 5.82 Å². The molecule has 1 N–H and O–H groups in total. The highest BCUT2D eigenvalue weighted by Gasteiger charge is 2.05. The highest BCUT2D eigenvalue weighted by Crippen LogP contribution is 2.19. The van der Waals surface area contributed by atoms with E-state index in [1.54, 1.807) is 12.3 Å². The van der Waals surface area contributed by atoms with Gasteiger partial charge in [0.25, 0.3) is 0 Å². The molecule has 0 saturated heterocycles. The quantitative estimate of drug-likeness (QED) is 0.934. The van der Waals surface area contributed by atoms with Crippen molar-refractivity contribution in [1.29, 1.82) is 0 Å². The van der Waals surface area contributed by atoms with Gasteiger partial charge in [-0.25, -0.2) is 13.8 Å². The van der Waals surface area contributed by atoms with Gasteiger partial charge in [0.2, 0.25) is 0 Å². The minimum atomic E-state index is -0.455. The van der Waals surface area contributed by atoms with Gasteiger partial charge < -0.3 is 5.32 Å². The average Bonchev–Trinajstić information content (AvgIpc) is 2.32. The van der Waals surface area contributed by atoms with Crippen LogP contribution >= 0.6 is 15.9 Å². The van der Waals surface area contributed by atoms with E-state index >= 15 is 0 Å². The molecule has 88 valence electrons. The first-order chi connectivity index (χ1) is 8.16. The second-order valence-corrected chi connectivity index (χ2v) is 4.28. The molecule has 0 unspecified atom stereocenters. The molecule has 17 heavy (non-hydrogen) atoms. The van der Waals surface area contributed by atoms with Gasteiger partial charge in [-0.15, -0.1) is 0 Å². The minimum Gasteiger partial charge on any atom is -0.365 e. The van der Waals surface area contributed by atoms with Crippen LogP contribution in [0.5, 0.6) is 0 Å². The van der Waals surface area contributed by atoms with Gasteiger partial charge in [-0.2, -0.15) is 0 Å². The molecule has 0 aliphatic carbocycles. The summed E-state index contributed by atoms with van der Waals surface area (Å²) < 4.78 is 27.0. The molecular formula is C12H9BrF2N2. The molecule has 1 aromatic carbocycles. The van der Waals surface area contributed by atoms with Crippen molar-refractivity contribution in [2.45, 2.75) is 6.54 Å². The van der Waals surface area contributed by atoms with Gasteiger partial charge in [0, 0.05) is 18.3 Å². The molecular weight excluding hydrogens is 290 g/mol. The number of nitrogens with one attached hydrogen (secondary N) is 1. The second-order valence-electron chi connectivity index (χ2n) is 3.42. The number of anilines is 1. The number of aromatic nitrogens is 1. The third kappa shape index (κ3) is 3.00. The fourth-order valence-corrected chi connectivity index (χ4v) is 1.77. The topological polar surface area (TPSA) is 24.9 Å². The third-order valence-electron chi connectivity index (χ3n) is 2.21. The van der Waals surface area contributed by atoms with Crippen LogP contribution in [0.4, 0.5) is 14.6 Å². The molecule has 0 fully saturated rings. The van der Waals surface area contributed by atoms with Crippen molar-refractivity contribution in [2.75, 3.05) is 5.32 Å². The predicted octanol–water partition coefficient (Wildman–Crippen LogP) is 3.73. The van der Waals surface area contributed by atoms with E-state index < -0.39 is 11.6 Å². The fraction of sp³-hybridized carbons (Fsp3) is 0.0833. The van der Waals surface area contributed by atoms with E-state index in [-0.39, 0.29) is 12.1 Å². The average molecular weight is 299 g/mol. The maximum absolute atomic E-state index is 13.3. The highest BCUT2D eigenvalue weighted by atomic mass is 79.9. The summed E-state index contributed by atoms with van der Waals surface area (Å²) in [6.45, 7) is 0.180. The zero-order chi connectivity index (χ0) is 12.3. The summed E-state index contributed by atoms with van der Waals surface area (Å²) in [7, 11) is 0. The summed E-state index contributed by atoms with van der Waals surface area (Å²) in [5.74, 6) is -0.301. The Kier molecular flexibility index (Phi) is 3.68. The molecule has 1 aromatic heterocycles. The molecule has 1 heterocycles. The molecule has 2 aromatic rings. The van der Waals surface area contributed by atoms with Crippen LogP contribution in [0.2, 0.25) is 0 Å². The first-order valence-electron chi connectivity index (χ1n) is 4.95. The molecule has 2 rings (SSSR count). The van der Waals surface area contributed by atoms with Gasteiger partial charge in [0.1, 0.15) is 17.5 Å². The van der Waals surface area contributed by atoms with Gasteiger partial charge >= 0.3 is 0 Å². The van der Waals surface area contributed by atoms with Gasteiger partial charge in [-0.05, 0) is 46.3 Å². The summed E-state index contributed by atoms with van der Waals surface area (Å²) in [6.07, 6.45) is 1.62. The van der Waals surface area contributed by atoms with Crippen molar-refractivity contribution in [3.05, 3.63) is 58.2 Å². The Balaban J connectivity index is 2.12. The van der Waals surface area contributed by atoms with Crippen molar-refractivity contribution in [3.8, 4) is 0 Å². The van der Waals surface area contributed by atoms with Gasteiger partial charge in [-0.3, -0.25) is 0 Å². The van der Waals surface area contributed by atoms with E-state index in [1.165, 1.54) is 6.07 Å². The zero-order valence-corrected chi connectivity index (χ0v) is 10.3. The summed E-state index contributed by atoms with van der Waals surface area (Å²) >= 11 is 3.31. The largest absolute Gasteiger partial charge is 0.365 e. The smallest absolute Gasteiger partial charge is 0.140 e. The van der Waals surface area contributed by atoms with Crippen molar-refractivity contribution in [3.63, 3.8) is 0 Å². The lowest BCUT2D eigenvalue weighted by Crippen LogP contribution is -2.04. The van der Waals surface area contributed by atoms with Crippen molar-refractivity contribution in [1.82, 2.24) is 4.98 Å². The van der Waals surface area contributed by atoms with Crippen molar-refractivity contribution < 1.29 is 8.78 Å². The lowest BCUT2D eigenvalue weighted by atomic mass is 10.2. The number of rotatable bonds is 3. The Hall–Kier alpha value is -1.49. The van der Waals surface area contributed by atoms with Crippen LogP contribution in [-0.2, 0) is 6.54 Å². The molecule has 0 spiro atoms. The number of hydrogen-bond donors (Lipinski definition) is 1. The molecule has 0 bridgehead atoms. The van der Waals surface area contributed by atoms with E-state index in [1.807, 2.05) is 6.07 Å². The monoisotopic (exact) mass is 298 g/mol. The van der Waals surface area contributed by atoms with Gasteiger partial charge in [0.05, 0.1) is 4.47 Å². The van der Waals surface area contributed by atoms with Crippen molar-refractivity contribution >= 4 is 21.7 Å². The van der Waals surface area contributed by atoms with E-state index in [4.69, 9.17) is 0 Å². The summed E-state index contributed by atoms with van der Waals surface area (Å²) in [4.78, 5) is 4.07. The maximum atomic E-state index is 13.3. The van der Waals surface area contributed by atoms with Crippen LogP contribution in [0, 0.1) is 11.6 Å². The zero-order valence-electron chi connectivity index (χ0n) is 8.75. The first kappa shape index (κ1) is 12.0. The Bertz CT molecular complexity index is 532. The Labute approximate surface area is 106 Å². The molecule has 0 saturated carbocycles. The number of benzene rings is 1. The number of hydrogen-bond acceptors (Lipinski definition) is 2. The van der Waals surface area contributed by atoms with E-state index in [2.05, 4.69) is 26.2 Å². The van der Waals surface area contributed by atoms with E-state index in [9.17, 15) is 8.78 Å². The fourth-order valence-electron chi connectivity index (χ4n) is 1.37. The summed E-state index contributed by atoms with van der Waals surface area (Å²) in [5, 5.41) is 2.93. The minimum absolute atomic E-state index is 0.180. The molecule has 0 atom stereocenters. The van der Waals surface area contributed by atoms with Crippen LogP contribution < -0.4 is 5.32 Å². The van der Waals surface area contributed by atoms with Crippen LogP contribution in [-0.4, -0.2) is 4.98 Å². The SMILES string of the molecule is Fc1ccc(F)c(CNc2ncccc2Br)c1. The molecule has 0 aliphatic rings. The highest BCUT2D eigenvalue weighted by molar-refractivity contribution is 9.10. The first-order valence-corrected chi connectivity index (χ1v) is 5.74. The van der Waals surface area contributed by atoms with Crippen LogP contribution in [0.1, 0.15) is 5.56 Å². The summed E-state index contributed by atoms with van der Waals surface area (Å²) in [6, 6.07) is 6.96. The molecule has 2 nitrogen and oxygen atoms in total. The van der Waals surface area contributed by atoms with Crippen molar-refractivity contribution in [2.24, 2.45) is 0 Å². The van der Waals surface area contributed by atoms with E-state index in [0.717, 1.165) is 16.6 Å². The predicted molar refractivity (Wildman–Crippen MR) is 65.6 cm³/mol. The number of pyridine rings is 1. The Morgan fingerprint density at radius 3 is 2.82 bits per heavy atom.